The standard InChI is InChI=1S/C55H37NS/c1-2-16-36(17-3-1)34-55(35-37-30-32-38(33-31-37)56-49-28-14-12-22-43(49)44-23-13-15-29-50(44)56)51-45-24-8-4-18-39(45)41-20-6-10-26-47(41)53(51)57-54-48-27-11-7-21-42(48)40-19-5-9-25-46(40)52(54)55/h1-33H,34-35H2. The summed E-state index contributed by atoms with van der Waals surface area (Å²) in [6.45, 7) is 0. The van der Waals surface area contributed by atoms with Crippen LogP contribution in [0.5, 0.6) is 0 Å². The van der Waals surface area contributed by atoms with E-state index >= 15 is 0 Å². The highest BCUT2D eigenvalue weighted by Crippen LogP contribution is 2.60. The molecule has 1 aromatic heterocycles. The molecule has 57 heavy (non-hydrogen) atoms. The Bertz CT molecular complexity index is 3200. The number of fused-ring (bicyclic) bond motifs is 15. The monoisotopic (exact) mass is 743 g/mol. The Labute approximate surface area is 335 Å². The Morgan fingerprint density at radius 2 is 0.667 bits per heavy atom. The largest absolute Gasteiger partial charge is 0.309 e. The predicted molar refractivity (Wildman–Crippen MR) is 242 cm³/mol. The molecule has 2 heterocycles. The van der Waals surface area contributed by atoms with Crippen molar-refractivity contribution in [2.24, 2.45) is 0 Å². The van der Waals surface area contributed by atoms with E-state index < -0.39 is 5.41 Å². The highest BCUT2D eigenvalue weighted by atomic mass is 32.2. The molecule has 0 radical (unpaired) electrons. The number of para-hydroxylation sites is 2. The van der Waals surface area contributed by atoms with Gasteiger partial charge in [-0.05, 0) is 102 Å². The molecule has 2 heteroatoms. The summed E-state index contributed by atoms with van der Waals surface area (Å²) in [5.41, 5.74) is 8.81. The van der Waals surface area contributed by atoms with Crippen molar-refractivity contribution in [2.45, 2.75) is 28.0 Å². The molecule has 0 atom stereocenters. The normalized spacial score (nSPS) is 13.5. The number of hydrogen-bond donors (Lipinski definition) is 0. The fraction of sp³-hybridized carbons (Fsp3) is 0.0545. The average Bonchev–Trinajstić information content (AvgIpc) is 3.61. The van der Waals surface area contributed by atoms with Gasteiger partial charge in [0.2, 0.25) is 0 Å². The molecule has 12 rings (SSSR count). The second-order valence-corrected chi connectivity index (χ2v) is 16.7. The van der Waals surface area contributed by atoms with Gasteiger partial charge in [-0.25, -0.2) is 0 Å². The molecule has 0 fully saturated rings. The van der Waals surface area contributed by atoms with Gasteiger partial charge in [-0.2, -0.15) is 0 Å². The molecule has 0 N–H and O–H groups in total. The van der Waals surface area contributed by atoms with E-state index in [0.29, 0.717) is 0 Å². The Balaban J connectivity index is 1.18. The number of benzene rings is 10. The smallest absolute Gasteiger partial charge is 0.0541 e. The Morgan fingerprint density at radius 3 is 1.14 bits per heavy atom. The van der Waals surface area contributed by atoms with Crippen LogP contribution in [-0.2, 0) is 18.3 Å². The number of aromatic nitrogens is 1. The van der Waals surface area contributed by atoms with Crippen LogP contribution < -0.4 is 0 Å². The molecule has 0 amide bonds. The first-order valence-electron chi connectivity index (χ1n) is 19.9. The van der Waals surface area contributed by atoms with E-state index in [9.17, 15) is 0 Å². The molecular weight excluding hydrogens is 707 g/mol. The van der Waals surface area contributed by atoms with Gasteiger partial charge < -0.3 is 4.57 Å². The number of nitrogens with zero attached hydrogens (tertiary/aromatic N) is 1. The van der Waals surface area contributed by atoms with Crippen LogP contribution in [0.15, 0.2) is 210 Å². The topological polar surface area (TPSA) is 4.93 Å². The summed E-state index contributed by atoms with van der Waals surface area (Å²) in [6.07, 6.45) is 1.72. The summed E-state index contributed by atoms with van der Waals surface area (Å²) in [4.78, 5) is 2.77. The lowest BCUT2D eigenvalue weighted by Crippen LogP contribution is -2.37. The molecule has 1 nitrogen and oxygen atoms in total. The molecule has 1 aliphatic heterocycles. The first-order chi connectivity index (χ1) is 28.3. The van der Waals surface area contributed by atoms with Crippen LogP contribution >= 0.6 is 11.8 Å². The molecule has 1 aliphatic rings. The zero-order valence-electron chi connectivity index (χ0n) is 31.3. The number of rotatable bonds is 5. The highest BCUT2D eigenvalue weighted by Gasteiger charge is 2.45. The zero-order chi connectivity index (χ0) is 37.5. The van der Waals surface area contributed by atoms with Crippen LogP contribution in [0.25, 0.3) is 70.6 Å². The Kier molecular flexibility index (Phi) is 7.27. The van der Waals surface area contributed by atoms with Crippen LogP contribution in [0.3, 0.4) is 0 Å². The summed E-state index contributed by atoms with van der Waals surface area (Å²) in [5, 5.41) is 13.2. The van der Waals surface area contributed by atoms with Crippen LogP contribution in [-0.4, -0.2) is 4.57 Å². The minimum Gasteiger partial charge on any atom is -0.309 e. The van der Waals surface area contributed by atoms with Crippen molar-refractivity contribution in [3.63, 3.8) is 0 Å². The van der Waals surface area contributed by atoms with Crippen molar-refractivity contribution < 1.29 is 0 Å². The lowest BCUT2D eigenvalue weighted by atomic mass is 9.63. The van der Waals surface area contributed by atoms with Gasteiger partial charge in [-0.15, -0.1) is 0 Å². The van der Waals surface area contributed by atoms with Gasteiger partial charge in [0.15, 0.2) is 0 Å². The van der Waals surface area contributed by atoms with Gasteiger partial charge in [0.1, 0.15) is 0 Å². The third kappa shape index (κ3) is 4.84. The van der Waals surface area contributed by atoms with E-state index in [1.807, 2.05) is 11.8 Å². The van der Waals surface area contributed by atoms with Crippen molar-refractivity contribution in [2.75, 3.05) is 0 Å². The summed E-state index contributed by atoms with van der Waals surface area (Å²) in [7, 11) is 0. The molecule has 0 unspecified atom stereocenters. The molecule has 0 spiro atoms. The van der Waals surface area contributed by atoms with E-state index in [1.165, 1.54) is 103 Å². The van der Waals surface area contributed by atoms with Gasteiger partial charge in [0.05, 0.1) is 11.0 Å². The zero-order valence-corrected chi connectivity index (χ0v) is 32.1. The maximum atomic E-state index is 2.43. The van der Waals surface area contributed by atoms with E-state index in [-0.39, 0.29) is 0 Å². The third-order valence-corrected chi connectivity index (χ3v) is 13.8. The molecule has 0 saturated carbocycles. The SMILES string of the molecule is c1ccc(CC2(Cc3ccc(-n4c5ccccc5c5ccccc54)cc3)c3c(c4ccccc4c4ccccc34)Sc3c2c2ccccc2c2ccccc32)cc1. The van der Waals surface area contributed by atoms with Gasteiger partial charge in [-0.1, -0.05) is 188 Å². The van der Waals surface area contributed by atoms with E-state index in [4.69, 9.17) is 0 Å². The molecular formula is C55H37NS. The first kappa shape index (κ1) is 32.6. The van der Waals surface area contributed by atoms with Gasteiger partial charge in [0, 0.05) is 31.7 Å². The van der Waals surface area contributed by atoms with Gasteiger partial charge in [0.25, 0.3) is 0 Å². The van der Waals surface area contributed by atoms with Crippen LogP contribution in [0.1, 0.15) is 22.3 Å². The average molecular weight is 744 g/mol. The molecule has 0 saturated heterocycles. The summed E-state index contributed by atoms with van der Waals surface area (Å²) < 4.78 is 2.43. The van der Waals surface area contributed by atoms with Crippen LogP contribution in [0, 0.1) is 0 Å². The Hall–Kier alpha value is -6.61. The third-order valence-electron chi connectivity index (χ3n) is 12.6. The second kappa shape index (κ2) is 12.7. The fourth-order valence-corrected chi connectivity index (χ4v) is 11.9. The molecule has 11 aromatic rings. The van der Waals surface area contributed by atoms with E-state index in [1.54, 1.807) is 0 Å². The van der Waals surface area contributed by atoms with Crippen molar-refractivity contribution in [3.8, 4) is 5.69 Å². The highest BCUT2D eigenvalue weighted by molar-refractivity contribution is 8.00. The van der Waals surface area contributed by atoms with Crippen LogP contribution in [0.4, 0.5) is 0 Å². The minimum atomic E-state index is -0.404. The maximum absolute atomic E-state index is 2.43. The summed E-state index contributed by atoms with van der Waals surface area (Å²) in [6, 6.07) is 74.8. The maximum Gasteiger partial charge on any atom is 0.0541 e. The summed E-state index contributed by atoms with van der Waals surface area (Å²) in [5.74, 6) is 0. The van der Waals surface area contributed by atoms with Gasteiger partial charge in [-0.3, -0.25) is 0 Å². The van der Waals surface area contributed by atoms with Crippen molar-refractivity contribution in [1.29, 1.82) is 0 Å². The van der Waals surface area contributed by atoms with Gasteiger partial charge >= 0.3 is 0 Å². The van der Waals surface area contributed by atoms with E-state index in [2.05, 4.69) is 205 Å². The molecule has 10 aromatic carbocycles. The minimum absolute atomic E-state index is 0.404. The quantitative estimate of drug-likeness (QED) is 0.159. The second-order valence-electron chi connectivity index (χ2n) is 15.7. The Morgan fingerprint density at radius 1 is 0.316 bits per heavy atom. The summed E-state index contributed by atoms with van der Waals surface area (Å²) >= 11 is 1.99. The number of hydrogen-bond acceptors (Lipinski definition) is 1. The predicted octanol–water partition coefficient (Wildman–Crippen LogP) is 14.6. The molecule has 0 bridgehead atoms. The van der Waals surface area contributed by atoms with Crippen molar-refractivity contribution >= 4 is 76.7 Å². The lowest BCUT2D eigenvalue weighted by Gasteiger charge is -2.44. The lowest BCUT2D eigenvalue weighted by molar-refractivity contribution is 0.496. The fourth-order valence-electron chi connectivity index (χ4n) is 10.3. The van der Waals surface area contributed by atoms with Crippen molar-refractivity contribution in [1.82, 2.24) is 4.57 Å². The molecule has 268 valence electrons. The first-order valence-corrected chi connectivity index (χ1v) is 20.8. The van der Waals surface area contributed by atoms with Crippen LogP contribution in [0.2, 0.25) is 0 Å². The molecule has 0 aliphatic carbocycles. The van der Waals surface area contributed by atoms with Crippen molar-refractivity contribution in [3.05, 3.63) is 222 Å². The van der Waals surface area contributed by atoms with E-state index in [0.717, 1.165) is 12.8 Å².